The maximum Gasteiger partial charge on any atom is 0.264 e. The first-order valence-electron chi connectivity index (χ1n) is 9.68. The molecule has 0 spiro atoms. The topological polar surface area (TPSA) is 55.8 Å². The molecule has 5 nitrogen and oxygen atoms in total. The molecule has 2 aromatic carbocycles. The minimum atomic E-state index is -3.72. The molecule has 28 heavy (non-hydrogen) atoms. The summed E-state index contributed by atoms with van der Waals surface area (Å²) in [7, 11) is -3.72. The van der Waals surface area contributed by atoms with Crippen LogP contribution in [0.5, 0.6) is 11.5 Å². The van der Waals surface area contributed by atoms with E-state index in [0.29, 0.717) is 18.0 Å². The van der Waals surface area contributed by atoms with E-state index in [1.54, 1.807) is 42.5 Å². The molecule has 1 saturated carbocycles. The molecule has 0 unspecified atom stereocenters. The van der Waals surface area contributed by atoms with Crippen LogP contribution in [0.25, 0.3) is 0 Å². The van der Waals surface area contributed by atoms with Crippen molar-refractivity contribution < 1.29 is 17.9 Å². The van der Waals surface area contributed by atoms with Gasteiger partial charge in [0, 0.05) is 0 Å². The molecule has 0 amide bonds. The minimum Gasteiger partial charge on any atom is -0.494 e. The lowest BCUT2D eigenvalue weighted by molar-refractivity contribution is 0.210. The third-order valence-electron chi connectivity index (χ3n) is 4.75. The number of anilines is 1. The largest absolute Gasteiger partial charge is 0.494 e. The Balaban J connectivity index is 1.81. The van der Waals surface area contributed by atoms with Gasteiger partial charge >= 0.3 is 0 Å². The smallest absolute Gasteiger partial charge is 0.264 e. The highest BCUT2D eigenvalue weighted by molar-refractivity contribution is 7.92. The zero-order valence-electron chi connectivity index (χ0n) is 16.2. The third-order valence-corrected chi connectivity index (χ3v) is 6.56. The molecule has 3 rings (SSSR count). The maximum absolute atomic E-state index is 13.2. The quantitative estimate of drug-likeness (QED) is 0.567. The van der Waals surface area contributed by atoms with Crippen molar-refractivity contribution >= 4 is 15.7 Å². The van der Waals surface area contributed by atoms with Crippen LogP contribution in [-0.2, 0) is 10.0 Å². The second kappa shape index (κ2) is 9.15. The van der Waals surface area contributed by atoms with Crippen molar-refractivity contribution in [1.29, 1.82) is 0 Å². The molecule has 0 radical (unpaired) electrons. The van der Waals surface area contributed by atoms with Gasteiger partial charge in [-0.1, -0.05) is 6.08 Å². The molecule has 0 aliphatic heterocycles. The van der Waals surface area contributed by atoms with Crippen LogP contribution in [0.3, 0.4) is 0 Å². The fraction of sp³-hybridized carbons (Fsp3) is 0.364. The zero-order chi connectivity index (χ0) is 20.0. The van der Waals surface area contributed by atoms with E-state index in [4.69, 9.17) is 9.47 Å². The Labute approximate surface area is 167 Å². The van der Waals surface area contributed by atoms with Gasteiger partial charge in [-0.25, -0.2) is 8.42 Å². The molecular weight excluding hydrogens is 374 g/mol. The van der Waals surface area contributed by atoms with Gasteiger partial charge in [-0.3, -0.25) is 4.31 Å². The molecule has 0 atom stereocenters. The Morgan fingerprint density at radius 1 is 1.04 bits per heavy atom. The van der Waals surface area contributed by atoms with Gasteiger partial charge in [-0.15, -0.1) is 6.58 Å². The van der Waals surface area contributed by atoms with E-state index >= 15 is 0 Å². The van der Waals surface area contributed by atoms with Crippen LogP contribution in [-0.4, -0.2) is 27.7 Å². The Morgan fingerprint density at radius 3 is 2.21 bits per heavy atom. The van der Waals surface area contributed by atoms with Crippen molar-refractivity contribution in [1.82, 2.24) is 0 Å². The van der Waals surface area contributed by atoms with Crippen LogP contribution in [0.2, 0.25) is 0 Å². The van der Waals surface area contributed by atoms with Crippen LogP contribution >= 0.6 is 0 Å². The van der Waals surface area contributed by atoms with Gasteiger partial charge in [0.1, 0.15) is 11.5 Å². The monoisotopic (exact) mass is 401 g/mol. The highest BCUT2D eigenvalue weighted by Crippen LogP contribution is 2.29. The fourth-order valence-corrected chi connectivity index (χ4v) is 4.79. The van der Waals surface area contributed by atoms with E-state index in [-0.39, 0.29) is 17.5 Å². The third kappa shape index (κ3) is 4.68. The van der Waals surface area contributed by atoms with Gasteiger partial charge in [-0.05, 0) is 81.1 Å². The Bertz CT molecular complexity index is 870. The van der Waals surface area contributed by atoms with Crippen molar-refractivity contribution in [2.75, 3.05) is 17.5 Å². The molecule has 1 aliphatic carbocycles. The van der Waals surface area contributed by atoms with E-state index in [1.165, 1.54) is 17.1 Å². The average Bonchev–Trinajstić information content (AvgIpc) is 3.20. The molecule has 0 N–H and O–H groups in total. The van der Waals surface area contributed by atoms with E-state index < -0.39 is 10.0 Å². The van der Waals surface area contributed by atoms with Crippen LogP contribution in [0, 0.1) is 0 Å². The molecular formula is C22H27NO4S. The van der Waals surface area contributed by atoms with Gasteiger partial charge in [0.05, 0.1) is 29.8 Å². The summed E-state index contributed by atoms with van der Waals surface area (Å²) in [5.74, 6) is 1.41. The van der Waals surface area contributed by atoms with E-state index in [9.17, 15) is 8.42 Å². The zero-order valence-corrected chi connectivity index (χ0v) is 17.0. The predicted octanol–water partition coefficient (Wildman–Crippen LogP) is 4.79. The summed E-state index contributed by atoms with van der Waals surface area (Å²) < 4.78 is 39.0. The van der Waals surface area contributed by atoms with Crippen molar-refractivity contribution in [3.05, 3.63) is 61.2 Å². The van der Waals surface area contributed by atoms with E-state index in [2.05, 4.69) is 6.58 Å². The van der Waals surface area contributed by atoms with Gasteiger partial charge in [0.25, 0.3) is 10.0 Å². The summed E-state index contributed by atoms with van der Waals surface area (Å²) in [6.45, 7) is 6.30. The minimum absolute atomic E-state index is 0.179. The number of ether oxygens (including phenoxy) is 2. The first-order chi connectivity index (χ1) is 13.5. The number of hydrogen-bond donors (Lipinski definition) is 0. The lowest BCUT2D eigenvalue weighted by atomic mass is 10.2. The molecule has 1 fully saturated rings. The first-order valence-corrected chi connectivity index (χ1v) is 11.1. The van der Waals surface area contributed by atoms with Crippen LogP contribution in [0.4, 0.5) is 5.69 Å². The molecule has 150 valence electrons. The molecule has 0 saturated heterocycles. The summed E-state index contributed by atoms with van der Waals surface area (Å²) in [6.07, 6.45) is 6.41. The number of nitrogens with zero attached hydrogens (tertiary/aromatic N) is 1. The van der Waals surface area contributed by atoms with Crippen LogP contribution in [0.1, 0.15) is 32.6 Å². The maximum atomic E-state index is 13.2. The highest BCUT2D eigenvalue weighted by Gasteiger charge is 2.24. The Morgan fingerprint density at radius 2 is 1.64 bits per heavy atom. The van der Waals surface area contributed by atoms with Gasteiger partial charge in [-0.2, -0.15) is 0 Å². The predicted molar refractivity (Wildman–Crippen MR) is 112 cm³/mol. The Hall–Kier alpha value is -2.47. The molecule has 6 heteroatoms. The van der Waals surface area contributed by atoms with Crippen molar-refractivity contribution in [3.8, 4) is 11.5 Å². The second-order valence-electron chi connectivity index (χ2n) is 6.75. The van der Waals surface area contributed by atoms with Crippen molar-refractivity contribution in [2.24, 2.45) is 0 Å². The van der Waals surface area contributed by atoms with Crippen molar-refractivity contribution in [3.63, 3.8) is 0 Å². The number of hydrogen-bond acceptors (Lipinski definition) is 4. The lowest BCUT2D eigenvalue weighted by Gasteiger charge is -2.24. The number of sulfonamides is 1. The average molecular weight is 402 g/mol. The summed E-state index contributed by atoms with van der Waals surface area (Å²) in [5, 5.41) is 0. The summed E-state index contributed by atoms with van der Waals surface area (Å²) in [6, 6.07) is 13.7. The van der Waals surface area contributed by atoms with E-state index in [0.717, 1.165) is 18.6 Å². The molecule has 0 aromatic heterocycles. The first kappa shape index (κ1) is 20.3. The van der Waals surface area contributed by atoms with Gasteiger partial charge < -0.3 is 9.47 Å². The summed E-state index contributed by atoms with van der Waals surface area (Å²) in [4.78, 5) is 0.212. The standard InChI is InChI=1S/C22H27NO4S/c1-3-17-23(28(24,25)22-15-13-19(14-16-22)26-4-2)18-9-11-21(12-10-18)27-20-7-5-6-8-20/h3,9-16,20H,1,4-8,17H2,2H3. The molecule has 0 heterocycles. The number of rotatable bonds is 9. The van der Waals surface area contributed by atoms with Crippen molar-refractivity contribution in [2.45, 2.75) is 43.6 Å². The number of benzene rings is 2. The summed E-state index contributed by atoms with van der Waals surface area (Å²) in [5.41, 5.74) is 0.576. The fourth-order valence-electron chi connectivity index (χ4n) is 3.35. The summed E-state index contributed by atoms with van der Waals surface area (Å²) >= 11 is 0. The Kier molecular flexibility index (Phi) is 6.62. The van der Waals surface area contributed by atoms with E-state index in [1.807, 2.05) is 19.1 Å². The van der Waals surface area contributed by atoms with Crippen LogP contribution in [0.15, 0.2) is 66.1 Å². The van der Waals surface area contributed by atoms with Crippen LogP contribution < -0.4 is 13.8 Å². The second-order valence-corrected chi connectivity index (χ2v) is 8.61. The molecule has 1 aliphatic rings. The van der Waals surface area contributed by atoms with Gasteiger partial charge in [0.15, 0.2) is 0 Å². The molecule has 2 aromatic rings. The van der Waals surface area contributed by atoms with Gasteiger partial charge in [0.2, 0.25) is 0 Å². The lowest BCUT2D eigenvalue weighted by Crippen LogP contribution is -2.31. The molecule has 0 bridgehead atoms. The SMILES string of the molecule is C=CCN(c1ccc(OC2CCCC2)cc1)S(=O)(=O)c1ccc(OCC)cc1. The highest BCUT2D eigenvalue weighted by atomic mass is 32.2. The normalized spacial score (nSPS) is 14.6.